The molecule has 1 aliphatic heterocycles. The second-order valence-corrected chi connectivity index (χ2v) is 7.00. The molecule has 4 nitrogen and oxygen atoms in total. The molecule has 1 aromatic carbocycles. The van der Waals surface area contributed by atoms with Crippen LogP contribution in [-0.2, 0) is 4.79 Å². The molecule has 0 bridgehead atoms. The Bertz CT molecular complexity index is 627. The van der Waals surface area contributed by atoms with Gasteiger partial charge in [0.05, 0.1) is 0 Å². The van der Waals surface area contributed by atoms with Crippen molar-refractivity contribution in [1.29, 1.82) is 0 Å². The maximum absolute atomic E-state index is 12.8. The van der Waals surface area contributed by atoms with E-state index in [1.165, 1.54) is 12.0 Å². The summed E-state index contributed by atoms with van der Waals surface area (Å²) in [6.45, 7) is 8.74. The summed E-state index contributed by atoms with van der Waals surface area (Å²) in [6, 6.07) is 4.08. The van der Waals surface area contributed by atoms with E-state index in [4.69, 9.17) is 0 Å². The van der Waals surface area contributed by atoms with E-state index in [0.29, 0.717) is 32.1 Å². The molecule has 4 heteroatoms. The van der Waals surface area contributed by atoms with Crippen molar-refractivity contribution in [2.45, 2.75) is 40.0 Å². The summed E-state index contributed by atoms with van der Waals surface area (Å²) in [4.78, 5) is 28.9. The number of rotatable bonds is 2. The minimum absolute atomic E-state index is 0.0985. The summed E-state index contributed by atoms with van der Waals surface area (Å²) in [5, 5.41) is 0. The second-order valence-electron chi connectivity index (χ2n) is 7.00. The van der Waals surface area contributed by atoms with Crippen molar-refractivity contribution in [2.24, 2.45) is 5.92 Å². The molecule has 0 atom stereocenters. The third-order valence-electron chi connectivity index (χ3n) is 5.40. The predicted octanol–water partition coefficient (Wildman–Crippen LogP) is 2.70. The fourth-order valence-corrected chi connectivity index (χ4v) is 3.40. The van der Waals surface area contributed by atoms with Gasteiger partial charge in [0.25, 0.3) is 5.91 Å². The topological polar surface area (TPSA) is 40.6 Å². The van der Waals surface area contributed by atoms with E-state index in [9.17, 15) is 9.59 Å². The smallest absolute Gasteiger partial charge is 0.254 e. The maximum Gasteiger partial charge on any atom is 0.254 e. The number of carbonyl (C=O) groups is 2. The van der Waals surface area contributed by atoms with E-state index in [1.54, 1.807) is 0 Å². The maximum atomic E-state index is 12.8. The summed E-state index contributed by atoms with van der Waals surface area (Å²) in [7, 11) is 0. The lowest BCUT2D eigenvalue weighted by Gasteiger charge is -2.38. The SMILES string of the molecule is Cc1cc(C)c(C(=O)N2CCN(C(=O)C3CCC3)CC2)cc1C. The lowest BCUT2D eigenvalue weighted by atomic mass is 9.84. The molecule has 124 valence electrons. The van der Waals surface area contributed by atoms with Gasteiger partial charge in [0.2, 0.25) is 5.91 Å². The van der Waals surface area contributed by atoms with Crippen LogP contribution in [-0.4, -0.2) is 47.8 Å². The van der Waals surface area contributed by atoms with Crippen molar-refractivity contribution < 1.29 is 9.59 Å². The molecule has 1 saturated carbocycles. The van der Waals surface area contributed by atoms with Crippen LogP contribution in [0.2, 0.25) is 0 Å². The first-order valence-electron chi connectivity index (χ1n) is 8.63. The fraction of sp³-hybridized carbons (Fsp3) is 0.579. The molecule has 0 N–H and O–H groups in total. The van der Waals surface area contributed by atoms with Crippen LogP contribution in [0.25, 0.3) is 0 Å². The molecule has 2 aliphatic rings. The molecule has 1 aromatic rings. The molecule has 1 saturated heterocycles. The van der Waals surface area contributed by atoms with Crippen LogP contribution in [0.3, 0.4) is 0 Å². The van der Waals surface area contributed by atoms with Crippen molar-refractivity contribution in [3.05, 3.63) is 34.4 Å². The van der Waals surface area contributed by atoms with Gasteiger partial charge in [-0.2, -0.15) is 0 Å². The van der Waals surface area contributed by atoms with Gasteiger partial charge in [-0.25, -0.2) is 0 Å². The van der Waals surface area contributed by atoms with Gasteiger partial charge in [0.15, 0.2) is 0 Å². The van der Waals surface area contributed by atoms with Gasteiger partial charge < -0.3 is 9.80 Å². The average molecular weight is 314 g/mol. The minimum atomic E-state index is 0.0985. The molecule has 0 radical (unpaired) electrons. The quantitative estimate of drug-likeness (QED) is 0.842. The van der Waals surface area contributed by atoms with E-state index in [0.717, 1.165) is 29.5 Å². The third kappa shape index (κ3) is 3.12. The minimum Gasteiger partial charge on any atom is -0.339 e. The Morgan fingerprint density at radius 1 is 0.870 bits per heavy atom. The van der Waals surface area contributed by atoms with Crippen LogP contribution in [0.5, 0.6) is 0 Å². The Kier molecular flexibility index (Phi) is 4.42. The molecule has 1 aliphatic carbocycles. The van der Waals surface area contributed by atoms with Gasteiger partial charge in [-0.1, -0.05) is 12.5 Å². The van der Waals surface area contributed by atoms with Gasteiger partial charge >= 0.3 is 0 Å². The first-order valence-corrected chi connectivity index (χ1v) is 8.63. The van der Waals surface area contributed by atoms with Crippen LogP contribution in [0, 0.1) is 26.7 Å². The monoisotopic (exact) mass is 314 g/mol. The summed E-state index contributed by atoms with van der Waals surface area (Å²) in [6.07, 6.45) is 3.26. The van der Waals surface area contributed by atoms with Gasteiger partial charge in [-0.3, -0.25) is 9.59 Å². The number of aryl methyl sites for hydroxylation is 3. The molecule has 3 rings (SSSR count). The van der Waals surface area contributed by atoms with E-state index >= 15 is 0 Å². The molecular formula is C19H26N2O2. The standard InChI is InChI=1S/C19H26N2O2/c1-13-11-15(3)17(12-14(13)2)19(23)21-9-7-20(8-10-21)18(22)16-5-4-6-16/h11-12,16H,4-10H2,1-3H3. The number of hydrogen-bond acceptors (Lipinski definition) is 2. The van der Waals surface area contributed by atoms with E-state index in [1.807, 2.05) is 29.7 Å². The van der Waals surface area contributed by atoms with E-state index in [-0.39, 0.29) is 11.8 Å². The van der Waals surface area contributed by atoms with Crippen LogP contribution in [0.1, 0.15) is 46.3 Å². The number of carbonyl (C=O) groups excluding carboxylic acids is 2. The zero-order chi connectivity index (χ0) is 16.6. The lowest BCUT2D eigenvalue weighted by molar-refractivity contribution is -0.139. The van der Waals surface area contributed by atoms with Crippen LogP contribution >= 0.6 is 0 Å². The van der Waals surface area contributed by atoms with Crippen molar-refractivity contribution in [3.8, 4) is 0 Å². The molecule has 1 heterocycles. The second kappa shape index (κ2) is 6.34. The van der Waals surface area contributed by atoms with Gasteiger partial charge in [0, 0.05) is 37.7 Å². The molecule has 2 amide bonds. The first-order chi connectivity index (χ1) is 11.0. The summed E-state index contributed by atoms with van der Waals surface area (Å²) in [5.41, 5.74) is 4.20. The van der Waals surface area contributed by atoms with Crippen molar-refractivity contribution >= 4 is 11.8 Å². The molecule has 2 fully saturated rings. The number of benzene rings is 1. The van der Waals surface area contributed by atoms with Crippen molar-refractivity contribution in [3.63, 3.8) is 0 Å². The molecule has 0 aromatic heterocycles. The molecule has 23 heavy (non-hydrogen) atoms. The fourth-order valence-electron chi connectivity index (χ4n) is 3.40. The predicted molar refractivity (Wildman–Crippen MR) is 90.5 cm³/mol. The molecule has 0 spiro atoms. The zero-order valence-corrected chi connectivity index (χ0v) is 14.4. The summed E-state index contributed by atoms with van der Waals surface area (Å²) >= 11 is 0. The number of piperazine rings is 1. The normalized spacial score (nSPS) is 18.7. The van der Waals surface area contributed by atoms with Crippen molar-refractivity contribution in [2.75, 3.05) is 26.2 Å². The van der Waals surface area contributed by atoms with Gasteiger partial charge in [0.1, 0.15) is 0 Å². The summed E-state index contributed by atoms with van der Waals surface area (Å²) < 4.78 is 0. The number of hydrogen-bond donors (Lipinski definition) is 0. The Labute approximate surface area is 138 Å². The molecule has 0 unspecified atom stereocenters. The van der Waals surface area contributed by atoms with Crippen LogP contribution in [0.15, 0.2) is 12.1 Å². The first kappa shape index (κ1) is 16.0. The average Bonchev–Trinajstić information content (AvgIpc) is 2.48. The Hall–Kier alpha value is -1.84. The highest BCUT2D eigenvalue weighted by Gasteiger charge is 2.32. The van der Waals surface area contributed by atoms with Crippen LogP contribution < -0.4 is 0 Å². The third-order valence-corrected chi connectivity index (χ3v) is 5.40. The van der Waals surface area contributed by atoms with Gasteiger partial charge in [-0.05, 0) is 56.4 Å². The number of amides is 2. The highest BCUT2D eigenvalue weighted by molar-refractivity contribution is 5.96. The Morgan fingerprint density at radius 2 is 1.43 bits per heavy atom. The summed E-state index contributed by atoms with van der Waals surface area (Å²) in [5.74, 6) is 0.645. The molecular weight excluding hydrogens is 288 g/mol. The van der Waals surface area contributed by atoms with E-state index in [2.05, 4.69) is 13.0 Å². The van der Waals surface area contributed by atoms with Crippen molar-refractivity contribution in [1.82, 2.24) is 9.80 Å². The lowest BCUT2D eigenvalue weighted by Crippen LogP contribution is -2.52. The number of nitrogens with zero attached hydrogens (tertiary/aromatic N) is 2. The van der Waals surface area contributed by atoms with Crippen LogP contribution in [0.4, 0.5) is 0 Å². The Morgan fingerprint density at radius 3 is 2.00 bits per heavy atom. The zero-order valence-electron chi connectivity index (χ0n) is 14.4. The van der Waals surface area contributed by atoms with Gasteiger partial charge in [-0.15, -0.1) is 0 Å². The Balaban J connectivity index is 1.64. The largest absolute Gasteiger partial charge is 0.339 e. The highest BCUT2D eigenvalue weighted by atomic mass is 16.2. The highest BCUT2D eigenvalue weighted by Crippen LogP contribution is 2.28. The van der Waals surface area contributed by atoms with E-state index < -0.39 is 0 Å².